The SMILES string of the molecule is CC(C)(C)c1cccc2c1c([N+](=O)[O-])nn2C(=O)O. The first-order chi connectivity index (χ1) is 8.73. The zero-order chi connectivity index (χ0) is 14.4. The Bertz CT molecular complexity index is 682. The van der Waals surface area contributed by atoms with Crippen molar-refractivity contribution in [3.63, 3.8) is 0 Å². The maximum absolute atomic E-state index is 11.1. The zero-order valence-corrected chi connectivity index (χ0v) is 10.7. The highest BCUT2D eigenvalue weighted by Crippen LogP contribution is 2.35. The standard InChI is InChI=1S/C12H13N3O4/c1-12(2,3)7-5-4-6-8-9(7)10(15(18)19)13-14(8)11(16)17/h4-6H,1-3H3,(H,16,17). The van der Waals surface area contributed by atoms with Crippen LogP contribution in [-0.2, 0) is 5.41 Å². The highest BCUT2D eigenvalue weighted by molar-refractivity contribution is 5.95. The van der Waals surface area contributed by atoms with Crippen molar-refractivity contribution in [2.24, 2.45) is 0 Å². The van der Waals surface area contributed by atoms with E-state index in [1.54, 1.807) is 12.1 Å². The average Bonchev–Trinajstić information content (AvgIpc) is 2.66. The smallest absolute Gasteiger partial charge is 0.451 e. The summed E-state index contributed by atoms with van der Waals surface area (Å²) in [4.78, 5) is 21.5. The molecule has 0 fully saturated rings. The molecule has 100 valence electrons. The lowest BCUT2D eigenvalue weighted by atomic mass is 9.85. The van der Waals surface area contributed by atoms with Gasteiger partial charge in [0.1, 0.15) is 10.9 Å². The summed E-state index contributed by atoms with van der Waals surface area (Å²) < 4.78 is 0.642. The monoisotopic (exact) mass is 263 g/mol. The number of aromatic nitrogens is 2. The van der Waals surface area contributed by atoms with Gasteiger partial charge in [-0.05, 0) is 22.0 Å². The molecule has 2 rings (SSSR count). The van der Waals surface area contributed by atoms with Crippen molar-refractivity contribution in [2.75, 3.05) is 0 Å². The molecule has 0 aliphatic heterocycles. The van der Waals surface area contributed by atoms with Crippen LogP contribution >= 0.6 is 0 Å². The second-order valence-corrected chi connectivity index (χ2v) is 5.22. The number of hydrogen-bond donors (Lipinski definition) is 1. The number of carboxylic acid groups (broad SMARTS) is 1. The Morgan fingerprint density at radius 1 is 1.42 bits per heavy atom. The van der Waals surface area contributed by atoms with E-state index in [0.717, 1.165) is 0 Å². The highest BCUT2D eigenvalue weighted by atomic mass is 16.6. The molecule has 0 saturated heterocycles. The second kappa shape index (κ2) is 4.04. The predicted molar refractivity (Wildman–Crippen MR) is 68.5 cm³/mol. The van der Waals surface area contributed by atoms with E-state index in [0.29, 0.717) is 10.2 Å². The van der Waals surface area contributed by atoms with E-state index in [1.807, 2.05) is 20.8 Å². The molecule has 0 amide bonds. The van der Waals surface area contributed by atoms with Crippen LogP contribution in [0.15, 0.2) is 18.2 Å². The Balaban J connectivity index is 2.95. The van der Waals surface area contributed by atoms with Gasteiger partial charge in [0, 0.05) is 0 Å². The molecule has 0 atom stereocenters. The molecule has 0 bridgehead atoms. The molecule has 7 heteroatoms. The molecule has 0 aliphatic rings. The van der Waals surface area contributed by atoms with E-state index >= 15 is 0 Å². The van der Waals surface area contributed by atoms with Crippen molar-refractivity contribution in [1.82, 2.24) is 9.78 Å². The second-order valence-electron chi connectivity index (χ2n) is 5.22. The predicted octanol–water partition coefficient (Wildman–Crippen LogP) is 2.77. The first-order valence-corrected chi connectivity index (χ1v) is 5.63. The first-order valence-electron chi connectivity index (χ1n) is 5.63. The number of nitrogens with zero attached hydrogens (tertiary/aromatic N) is 3. The minimum atomic E-state index is -1.34. The Labute approximate surface area is 108 Å². The molecule has 1 aromatic heterocycles. The molecule has 0 unspecified atom stereocenters. The fourth-order valence-corrected chi connectivity index (χ4v) is 2.05. The van der Waals surface area contributed by atoms with Gasteiger partial charge in [0.15, 0.2) is 0 Å². The van der Waals surface area contributed by atoms with Gasteiger partial charge < -0.3 is 15.2 Å². The third kappa shape index (κ3) is 2.03. The third-order valence-corrected chi connectivity index (χ3v) is 2.85. The van der Waals surface area contributed by atoms with Crippen LogP contribution in [0.25, 0.3) is 10.9 Å². The normalized spacial score (nSPS) is 11.7. The topological polar surface area (TPSA) is 98.3 Å². The summed E-state index contributed by atoms with van der Waals surface area (Å²) in [5.41, 5.74) is 0.576. The van der Waals surface area contributed by atoms with Gasteiger partial charge in [-0.15, -0.1) is 0 Å². The maximum Gasteiger partial charge on any atom is 0.451 e. The summed E-state index contributed by atoms with van der Waals surface area (Å²) in [6.07, 6.45) is -1.34. The lowest BCUT2D eigenvalue weighted by Crippen LogP contribution is -2.12. The number of rotatable bonds is 1. The summed E-state index contributed by atoms with van der Waals surface area (Å²) in [7, 11) is 0. The van der Waals surface area contributed by atoms with Gasteiger partial charge in [0.25, 0.3) is 0 Å². The lowest BCUT2D eigenvalue weighted by molar-refractivity contribution is -0.388. The molecule has 19 heavy (non-hydrogen) atoms. The Morgan fingerprint density at radius 3 is 2.53 bits per heavy atom. The van der Waals surface area contributed by atoms with Gasteiger partial charge in [-0.2, -0.15) is 0 Å². The molecule has 2 aromatic rings. The van der Waals surface area contributed by atoms with Gasteiger partial charge in [-0.3, -0.25) is 0 Å². The number of fused-ring (bicyclic) bond motifs is 1. The molecule has 0 aliphatic carbocycles. The highest BCUT2D eigenvalue weighted by Gasteiger charge is 2.30. The van der Waals surface area contributed by atoms with Crippen LogP contribution < -0.4 is 0 Å². The molecule has 0 spiro atoms. The molecular weight excluding hydrogens is 250 g/mol. The molecule has 1 aromatic carbocycles. The first kappa shape index (κ1) is 13.0. The molecule has 0 saturated carbocycles. The van der Waals surface area contributed by atoms with Crippen molar-refractivity contribution in [2.45, 2.75) is 26.2 Å². The van der Waals surface area contributed by atoms with Gasteiger partial charge >= 0.3 is 11.9 Å². The Morgan fingerprint density at radius 2 is 2.05 bits per heavy atom. The quantitative estimate of drug-likeness (QED) is 0.630. The number of benzene rings is 1. The van der Waals surface area contributed by atoms with Crippen molar-refractivity contribution >= 4 is 22.8 Å². The summed E-state index contributed by atoms with van der Waals surface area (Å²) >= 11 is 0. The summed E-state index contributed by atoms with van der Waals surface area (Å²) in [5, 5.41) is 24.0. The van der Waals surface area contributed by atoms with Crippen molar-refractivity contribution in [3.05, 3.63) is 33.9 Å². The Kier molecular flexibility index (Phi) is 2.77. The van der Waals surface area contributed by atoms with Crippen LogP contribution in [0.5, 0.6) is 0 Å². The molecular formula is C12H13N3O4. The number of nitro groups is 1. The third-order valence-electron chi connectivity index (χ3n) is 2.85. The van der Waals surface area contributed by atoms with E-state index < -0.39 is 16.8 Å². The van der Waals surface area contributed by atoms with Crippen LogP contribution in [0.1, 0.15) is 26.3 Å². The average molecular weight is 263 g/mol. The zero-order valence-electron chi connectivity index (χ0n) is 10.7. The van der Waals surface area contributed by atoms with Crippen LogP contribution in [-0.4, -0.2) is 25.9 Å². The number of carbonyl (C=O) groups is 1. The summed E-state index contributed by atoms with van der Waals surface area (Å²) in [5.74, 6) is -0.428. The van der Waals surface area contributed by atoms with Crippen molar-refractivity contribution in [1.29, 1.82) is 0 Å². The van der Waals surface area contributed by atoms with E-state index in [9.17, 15) is 14.9 Å². The van der Waals surface area contributed by atoms with Crippen LogP contribution in [0.2, 0.25) is 0 Å². The Hall–Kier alpha value is -2.44. The number of hydrogen-bond acceptors (Lipinski definition) is 4. The van der Waals surface area contributed by atoms with E-state index in [2.05, 4.69) is 5.10 Å². The minimum absolute atomic E-state index is 0.228. The lowest BCUT2D eigenvalue weighted by Gasteiger charge is -2.19. The minimum Gasteiger partial charge on any atom is -0.462 e. The molecule has 1 heterocycles. The van der Waals surface area contributed by atoms with E-state index in [1.165, 1.54) is 6.07 Å². The van der Waals surface area contributed by atoms with Crippen molar-refractivity contribution in [3.8, 4) is 0 Å². The van der Waals surface area contributed by atoms with Crippen LogP contribution in [0.3, 0.4) is 0 Å². The van der Waals surface area contributed by atoms with Gasteiger partial charge in [0.2, 0.25) is 0 Å². The van der Waals surface area contributed by atoms with E-state index in [-0.39, 0.29) is 16.3 Å². The fraction of sp³-hybridized carbons (Fsp3) is 0.333. The molecule has 0 radical (unpaired) electrons. The maximum atomic E-state index is 11.1. The van der Waals surface area contributed by atoms with Gasteiger partial charge in [-0.25, -0.2) is 4.79 Å². The largest absolute Gasteiger partial charge is 0.462 e. The molecule has 7 nitrogen and oxygen atoms in total. The van der Waals surface area contributed by atoms with Gasteiger partial charge in [0.05, 0.1) is 5.10 Å². The van der Waals surface area contributed by atoms with E-state index in [4.69, 9.17) is 5.11 Å². The van der Waals surface area contributed by atoms with Crippen LogP contribution in [0.4, 0.5) is 10.6 Å². The van der Waals surface area contributed by atoms with Crippen LogP contribution in [0, 0.1) is 10.1 Å². The van der Waals surface area contributed by atoms with Gasteiger partial charge in [-0.1, -0.05) is 37.6 Å². The fourth-order valence-electron chi connectivity index (χ4n) is 2.05. The summed E-state index contributed by atoms with van der Waals surface area (Å²) in [6.45, 7) is 5.72. The summed E-state index contributed by atoms with van der Waals surface area (Å²) in [6, 6.07) is 4.94. The van der Waals surface area contributed by atoms with Crippen molar-refractivity contribution < 1.29 is 14.8 Å². The molecule has 1 N–H and O–H groups in total.